The van der Waals surface area contributed by atoms with Crippen molar-refractivity contribution in [2.24, 2.45) is 0 Å². The predicted molar refractivity (Wildman–Crippen MR) is 93.2 cm³/mol. The number of likely N-dealkylation sites (tertiary alicyclic amines) is 1. The van der Waals surface area contributed by atoms with Gasteiger partial charge < -0.3 is 14.5 Å². The largest absolute Gasteiger partial charge is 0.495 e. The topological polar surface area (TPSA) is 91.4 Å². The molecule has 1 saturated heterocycles. The van der Waals surface area contributed by atoms with Gasteiger partial charge in [0, 0.05) is 39.2 Å². The number of ether oxygens (including phenoxy) is 1. The van der Waals surface area contributed by atoms with Gasteiger partial charge in [0.15, 0.2) is 0 Å². The van der Waals surface area contributed by atoms with Crippen LogP contribution in [0.2, 0.25) is 0 Å². The van der Waals surface area contributed by atoms with Gasteiger partial charge in [-0.25, -0.2) is 9.97 Å². The molecule has 1 unspecified atom stereocenters. The van der Waals surface area contributed by atoms with E-state index in [-0.39, 0.29) is 17.4 Å². The van der Waals surface area contributed by atoms with Crippen LogP contribution in [0.3, 0.4) is 0 Å². The summed E-state index contributed by atoms with van der Waals surface area (Å²) < 4.78 is 5.06. The summed E-state index contributed by atoms with van der Waals surface area (Å²) >= 11 is 0. The van der Waals surface area contributed by atoms with E-state index in [2.05, 4.69) is 15.0 Å². The van der Waals surface area contributed by atoms with Crippen LogP contribution in [0, 0.1) is 0 Å². The van der Waals surface area contributed by atoms with E-state index in [4.69, 9.17) is 4.74 Å². The Labute approximate surface area is 145 Å². The molecule has 25 heavy (non-hydrogen) atoms. The van der Waals surface area contributed by atoms with Crippen molar-refractivity contribution >= 4 is 11.9 Å². The minimum absolute atomic E-state index is 0.0446. The molecule has 0 aliphatic carbocycles. The Hall–Kier alpha value is -2.90. The molecular weight excluding hydrogens is 322 g/mol. The van der Waals surface area contributed by atoms with Crippen molar-refractivity contribution < 1.29 is 9.53 Å². The minimum atomic E-state index is -0.185. The second kappa shape index (κ2) is 6.92. The molecule has 0 aromatic carbocycles. The van der Waals surface area contributed by atoms with Gasteiger partial charge in [0.25, 0.3) is 11.5 Å². The highest BCUT2D eigenvalue weighted by Gasteiger charge is 2.30. The van der Waals surface area contributed by atoms with Gasteiger partial charge >= 0.3 is 0 Å². The van der Waals surface area contributed by atoms with Gasteiger partial charge in [0.2, 0.25) is 5.95 Å². The molecule has 1 N–H and O–H groups in total. The number of carbonyl (C=O) groups excluding carboxylic acids is 1. The lowest BCUT2D eigenvalue weighted by molar-refractivity contribution is 0.0785. The fourth-order valence-electron chi connectivity index (χ4n) is 2.86. The van der Waals surface area contributed by atoms with Gasteiger partial charge in [-0.2, -0.15) is 0 Å². The number of rotatable bonds is 4. The molecule has 0 radical (unpaired) electrons. The van der Waals surface area contributed by atoms with E-state index in [9.17, 15) is 9.59 Å². The Balaban J connectivity index is 1.75. The summed E-state index contributed by atoms with van der Waals surface area (Å²) in [6.07, 6.45) is 2.30. The molecule has 132 valence electrons. The number of carbonyl (C=O) groups is 1. The Kier molecular flexibility index (Phi) is 4.69. The van der Waals surface area contributed by atoms with Crippen LogP contribution in [-0.4, -0.2) is 60.1 Å². The van der Waals surface area contributed by atoms with Crippen LogP contribution in [0.5, 0.6) is 5.75 Å². The van der Waals surface area contributed by atoms with E-state index in [1.54, 1.807) is 29.0 Å². The van der Waals surface area contributed by atoms with E-state index in [1.165, 1.54) is 12.3 Å². The minimum Gasteiger partial charge on any atom is -0.495 e. The van der Waals surface area contributed by atoms with E-state index < -0.39 is 0 Å². The highest BCUT2D eigenvalue weighted by atomic mass is 16.5. The van der Waals surface area contributed by atoms with Crippen LogP contribution in [-0.2, 0) is 0 Å². The Bertz CT molecular complexity index is 816. The van der Waals surface area contributed by atoms with Crippen molar-refractivity contribution in [2.75, 3.05) is 39.2 Å². The normalized spacial score (nSPS) is 16.8. The first-order valence-corrected chi connectivity index (χ1v) is 8.06. The number of methoxy groups -OCH3 is 1. The molecule has 0 spiro atoms. The second-order valence-electron chi connectivity index (χ2n) is 6.21. The van der Waals surface area contributed by atoms with Crippen molar-refractivity contribution in [1.82, 2.24) is 19.9 Å². The second-order valence-corrected chi connectivity index (χ2v) is 6.21. The number of anilines is 1. The summed E-state index contributed by atoms with van der Waals surface area (Å²) in [5, 5.41) is 0. The molecule has 1 amide bonds. The zero-order valence-electron chi connectivity index (χ0n) is 14.5. The summed E-state index contributed by atoms with van der Waals surface area (Å²) in [6.45, 7) is 1.14. The SMILES string of the molecule is COc1ccc(C(=O)N2CCC(c3cc(=O)[nH]c(N(C)C)n3)C2)nc1. The summed E-state index contributed by atoms with van der Waals surface area (Å²) in [5.41, 5.74) is 0.912. The summed E-state index contributed by atoms with van der Waals surface area (Å²) in [4.78, 5) is 39.3. The van der Waals surface area contributed by atoms with Crippen molar-refractivity contribution in [1.29, 1.82) is 0 Å². The first-order valence-electron chi connectivity index (χ1n) is 8.06. The van der Waals surface area contributed by atoms with Gasteiger partial charge in [-0.1, -0.05) is 0 Å². The Morgan fingerprint density at radius 3 is 2.84 bits per heavy atom. The molecule has 0 bridgehead atoms. The molecule has 1 aliphatic rings. The fourth-order valence-corrected chi connectivity index (χ4v) is 2.86. The third-order valence-electron chi connectivity index (χ3n) is 4.26. The number of H-pyrrole nitrogens is 1. The molecule has 8 nitrogen and oxygen atoms in total. The van der Waals surface area contributed by atoms with Crippen molar-refractivity contribution in [3.8, 4) is 5.75 Å². The van der Waals surface area contributed by atoms with Crippen molar-refractivity contribution in [3.63, 3.8) is 0 Å². The number of pyridine rings is 1. The molecule has 2 aromatic rings. The molecule has 1 atom stereocenters. The van der Waals surface area contributed by atoms with Crippen LogP contribution < -0.4 is 15.2 Å². The summed E-state index contributed by atoms with van der Waals surface area (Å²) in [5.74, 6) is 1.05. The average molecular weight is 343 g/mol. The van der Waals surface area contributed by atoms with Crippen molar-refractivity contribution in [2.45, 2.75) is 12.3 Å². The van der Waals surface area contributed by atoms with E-state index >= 15 is 0 Å². The smallest absolute Gasteiger partial charge is 0.272 e. The fraction of sp³-hybridized carbons (Fsp3) is 0.412. The maximum Gasteiger partial charge on any atom is 0.272 e. The Morgan fingerprint density at radius 1 is 1.40 bits per heavy atom. The Morgan fingerprint density at radius 2 is 2.20 bits per heavy atom. The number of nitrogens with one attached hydrogen (secondary N) is 1. The molecule has 0 saturated carbocycles. The lowest BCUT2D eigenvalue weighted by Crippen LogP contribution is -2.29. The van der Waals surface area contributed by atoms with E-state index in [1.807, 2.05) is 14.1 Å². The molecule has 3 heterocycles. The molecule has 2 aromatic heterocycles. The van der Waals surface area contributed by atoms with Gasteiger partial charge in [-0.15, -0.1) is 0 Å². The van der Waals surface area contributed by atoms with Crippen LogP contribution >= 0.6 is 0 Å². The van der Waals surface area contributed by atoms with Gasteiger partial charge in [-0.3, -0.25) is 14.6 Å². The number of aromatic nitrogens is 3. The number of nitrogens with zero attached hydrogens (tertiary/aromatic N) is 4. The highest BCUT2D eigenvalue weighted by Crippen LogP contribution is 2.26. The first kappa shape index (κ1) is 16.9. The molecule has 3 rings (SSSR count). The average Bonchev–Trinajstić information content (AvgIpc) is 3.10. The number of hydrogen-bond acceptors (Lipinski definition) is 6. The van der Waals surface area contributed by atoms with Crippen molar-refractivity contribution in [3.05, 3.63) is 46.1 Å². The van der Waals surface area contributed by atoms with Crippen LogP contribution in [0.4, 0.5) is 5.95 Å². The van der Waals surface area contributed by atoms with E-state index in [0.29, 0.717) is 36.2 Å². The highest BCUT2D eigenvalue weighted by molar-refractivity contribution is 5.92. The predicted octanol–water partition coefficient (Wildman–Crippen LogP) is 0.869. The quantitative estimate of drug-likeness (QED) is 0.886. The van der Waals surface area contributed by atoms with Crippen LogP contribution in [0.25, 0.3) is 0 Å². The molecule has 8 heteroatoms. The number of aromatic amines is 1. The lowest BCUT2D eigenvalue weighted by Gasteiger charge is -2.17. The van der Waals surface area contributed by atoms with Gasteiger partial charge in [0.1, 0.15) is 11.4 Å². The maximum absolute atomic E-state index is 12.6. The standard InChI is InChI=1S/C17H21N5O3/c1-21(2)17-19-14(8-15(23)20-17)11-6-7-22(10-11)16(24)13-5-4-12(25-3)9-18-13/h4-5,8-9,11H,6-7,10H2,1-3H3,(H,19,20,23). The molecule has 1 fully saturated rings. The zero-order chi connectivity index (χ0) is 18.0. The number of hydrogen-bond donors (Lipinski definition) is 1. The lowest BCUT2D eigenvalue weighted by atomic mass is 10.1. The third-order valence-corrected chi connectivity index (χ3v) is 4.26. The zero-order valence-corrected chi connectivity index (χ0v) is 14.5. The van der Waals surface area contributed by atoms with Gasteiger partial charge in [-0.05, 0) is 18.6 Å². The van der Waals surface area contributed by atoms with Crippen LogP contribution in [0.1, 0.15) is 28.5 Å². The third kappa shape index (κ3) is 3.62. The molecule has 1 aliphatic heterocycles. The monoisotopic (exact) mass is 343 g/mol. The first-order chi connectivity index (χ1) is 12.0. The summed E-state index contributed by atoms with van der Waals surface area (Å²) in [7, 11) is 5.20. The maximum atomic E-state index is 12.6. The van der Waals surface area contributed by atoms with E-state index in [0.717, 1.165) is 6.42 Å². The summed E-state index contributed by atoms with van der Waals surface area (Å²) in [6, 6.07) is 4.89. The number of amides is 1. The van der Waals surface area contributed by atoms with Gasteiger partial charge in [0.05, 0.1) is 19.0 Å². The molecular formula is C17H21N5O3. The van der Waals surface area contributed by atoms with Crippen LogP contribution in [0.15, 0.2) is 29.2 Å².